The van der Waals surface area contributed by atoms with Gasteiger partial charge < -0.3 is 15.0 Å². The minimum absolute atomic E-state index is 0.188. The molecule has 0 radical (unpaired) electrons. The van der Waals surface area contributed by atoms with Gasteiger partial charge in [-0.3, -0.25) is 14.4 Å². The van der Waals surface area contributed by atoms with Gasteiger partial charge in [0.05, 0.1) is 17.7 Å². The van der Waals surface area contributed by atoms with Gasteiger partial charge in [0, 0.05) is 24.5 Å². The van der Waals surface area contributed by atoms with E-state index in [1.54, 1.807) is 17.0 Å². The number of halogens is 2. The van der Waals surface area contributed by atoms with Gasteiger partial charge >= 0.3 is 5.97 Å². The summed E-state index contributed by atoms with van der Waals surface area (Å²) in [7, 11) is 1.35. The lowest BCUT2D eigenvalue weighted by molar-refractivity contribution is -0.140. The third kappa shape index (κ3) is 5.35. The van der Waals surface area contributed by atoms with Crippen molar-refractivity contribution in [1.82, 2.24) is 10.2 Å². The summed E-state index contributed by atoms with van der Waals surface area (Å²) in [6.07, 6.45) is 3.00. The lowest BCUT2D eigenvalue weighted by Gasteiger charge is -2.24. The second kappa shape index (κ2) is 9.78. The van der Waals surface area contributed by atoms with Crippen molar-refractivity contribution in [1.29, 1.82) is 0 Å². The molecule has 142 valence electrons. The van der Waals surface area contributed by atoms with Crippen molar-refractivity contribution in [2.45, 2.75) is 38.1 Å². The standard InChI is InChI=1S/C18H22Cl2N2O4/c1-26-16(23)6-2-3-9-21-17(24)15-5-4-10-22(15)18(25)13-11-12(19)7-8-14(13)20/h7-8,11,15H,2-6,9-10H2,1H3,(H,21,24). The van der Waals surface area contributed by atoms with Crippen LogP contribution in [0.15, 0.2) is 18.2 Å². The fourth-order valence-electron chi connectivity index (χ4n) is 2.92. The Kier molecular flexibility index (Phi) is 7.72. The van der Waals surface area contributed by atoms with Gasteiger partial charge in [0.25, 0.3) is 5.91 Å². The maximum Gasteiger partial charge on any atom is 0.305 e. The van der Waals surface area contributed by atoms with Crippen molar-refractivity contribution in [2.75, 3.05) is 20.2 Å². The summed E-state index contributed by atoms with van der Waals surface area (Å²) in [4.78, 5) is 37.8. The molecule has 0 bridgehead atoms. The summed E-state index contributed by atoms with van der Waals surface area (Å²) in [6, 6.07) is 4.19. The molecule has 2 amide bonds. The topological polar surface area (TPSA) is 75.7 Å². The van der Waals surface area contributed by atoms with Crippen LogP contribution in [-0.4, -0.2) is 48.9 Å². The van der Waals surface area contributed by atoms with Crippen LogP contribution in [0.4, 0.5) is 0 Å². The average molecular weight is 401 g/mol. The van der Waals surface area contributed by atoms with Gasteiger partial charge in [-0.2, -0.15) is 0 Å². The second-order valence-corrected chi connectivity index (χ2v) is 6.95. The highest BCUT2D eigenvalue weighted by atomic mass is 35.5. The van der Waals surface area contributed by atoms with E-state index in [9.17, 15) is 14.4 Å². The molecule has 1 aromatic rings. The van der Waals surface area contributed by atoms with Gasteiger partial charge in [-0.15, -0.1) is 0 Å². The van der Waals surface area contributed by atoms with Crippen LogP contribution in [0.25, 0.3) is 0 Å². The molecule has 1 saturated heterocycles. The fraction of sp³-hybridized carbons (Fsp3) is 0.500. The van der Waals surface area contributed by atoms with Crippen LogP contribution >= 0.6 is 23.2 Å². The number of carbonyl (C=O) groups excluding carboxylic acids is 3. The molecule has 1 fully saturated rings. The number of ether oxygens (including phenoxy) is 1. The zero-order valence-electron chi connectivity index (χ0n) is 14.6. The summed E-state index contributed by atoms with van der Waals surface area (Å²) >= 11 is 12.1. The first-order valence-corrected chi connectivity index (χ1v) is 9.30. The Labute approximate surface area is 162 Å². The van der Waals surface area contributed by atoms with E-state index in [4.69, 9.17) is 23.2 Å². The molecule has 26 heavy (non-hydrogen) atoms. The van der Waals surface area contributed by atoms with Crippen LogP contribution in [0.2, 0.25) is 10.0 Å². The molecule has 0 saturated carbocycles. The molecule has 1 aliphatic rings. The van der Waals surface area contributed by atoms with Crippen LogP contribution < -0.4 is 5.32 Å². The Morgan fingerprint density at radius 3 is 2.77 bits per heavy atom. The zero-order valence-corrected chi connectivity index (χ0v) is 16.1. The van der Waals surface area contributed by atoms with Crippen LogP contribution in [0, 0.1) is 0 Å². The predicted octanol–water partition coefficient (Wildman–Crippen LogP) is 3.06. The van der Waals surface area contributed by atoms with E-state index in [-0.39, 0.29) is 17.8 Å². The quantitative estimate of drug-likeness (QED) is 0.563. The number of hydrogen-bond acceptors (Lipinski definition) is 4. The van der Waals surface area contributed by atoms with Crippen molar-refractivity contribution in [3.63, 3.8) is 0 Å². The van der Waals surface area contributed by atoms with Crippen molar-refractivity contribution in [3.8, 4) is 0 Å². The predicted molar refractivity (Wildman–Crippen MR) is 99.4 cm³/mol. The molecular weight excluding hydrogens is 379 g/mol. The maximum atomic E-state index is 12.8. The number of benzene rings is 1. The van der Waals surface area contributed by atoms with Crippen LogP contribution in [0.5, 0.6) is 0 Å². The maximum absolute atomic E-state index is 12.8. The normalized spacial score (nSPS) is 16.4. The first kappa shape index (κ1) is 20.5. The van der Waals surface area contributed by atoms with Crippen LogP contribution in [0.1, 0.15) is 42.5 Å². The van der Waals surface area contributed by atoms with Gasteiger partial charge in [-0.05, 0) is 43.9 Å². The summed E-state index contributed by atoms with van der Waals surface area (Å²) in [5.41, 5.74) is 0.303. The van der Waals surface area contributed by atoms with E-state index in [1.807, 2.05) is 0 Å². The Balaban J connectivity index is 1.90. The second-order valence-electron chi connectivity index (χ2n) is 6.11. The number of carbonyl (C=O) groups is 3. The monoisotopic (exact) mass is 400 g/mol. The lowest BCUT2D eigenvalue weighted by Crippen LogP contribution is -2.46. The first-order chi connectivity index (χ1) is 12.4. The van der Waals surface area contributed by atoms with E-state index < -0.39 is 6.04 Å². The van der Waals surface area contributed by atoms with Gasteiger partial charge in [0.1, 0.15) is 6.04 Å². The number of esters is 1. The van der Waals surface area contributed by atoms with E-state index in [2.05, 4.69) is 10.1 Å². The van der Waals surface area contributed by atoms with E-state index >= 15 is 0 Å². The Morgan fingerprint density at radius 1 is 1.27 bits per heavy atom. The third-order valence-corrected chi connectivity index (χ3v) is 4.87. The molecule has 0 aliphatic carbocycles. The number of methoxy groups -OCH3 is 1. The van der Waals surface area contributed by atoms with Crippen molar-refractivity contribution < 1.29 is 19.1 Å². The van der Waals surface area contributed by atoms with Crippen molar-refractivity contribution in [2.24, 2.45) is 0 Å². The van der Waals surface area contributed by atoms with E-state index in [0.29, 0.717) is 54.4 Å². The number of unbranched alkanes of at least 4 members (excludes halogenated alkanes) is 1. The highest BCUT2D eigenvalue weighted by Crippen LogP contribution is 2.26. The van der Waals surface area contributed by atoms with Gasteiger partial charge in [0.2, 0.25) is 5.91 Å². The molecule has 1 aromatic carbocycles. The minimum atomic E-state index is -0.516. The number of rotatable bonds is 7. The fourth-order valence-corrected chi connectivity index (χ4v) is 3.29. The van der Waals surface area contributed by atoms with Gasteiger partial charge in [-0.25, -0.2) is 0 Å². The van der Waals surface area contributed by atoms with Gasteiger partial charge in [0.15, 0.2) is 0 Å². The van der Waals surface area contributed by atoms with E-state index in [0.717, 1.165) is 6.42 Å². The number of likely N-dealkylation sites (tertiary alicyclic amines) is 1. The molecule has 1 atom stereocenters. The largest absolute Gasteiger partial charge is 0.469 e. The summed E-state index contributed by atoms with van der Waals surface area (Å²) in [5, 5.41) is 3.57. The number of nitrogens with zero attached hydrogens (tertiary/aromatic N) is 1. The molecule has 1 heterocycles. The van der Waals surface area contributed by atoms with Gasteiger partial charge in [-0.1, -0.05) is 23.2 Å². The minimum Gasteiger partial charge on any atom is -0.469 e. The van der Waals surface area contributed by atoms with Crippen molar-refractivity contribution in [3.05, 3.63) is 33.8 Å². The molecule has 1 unspecified atom stereocenters. The molecule has 2 rings (SSSR count). The molecule has 0 aromatic heterocycles. The Hall–Kier alpha value is -1.79. The van der Waals surface area contributed by atoms with Crippen LogP contribution in [0.3, 0.4) is 0 Å². The average Bonchev–Trinajstić information content (AvgIpc) is 3.12. The Bertz CT molecular complexity index is 681. The molecular formula is C18H22Cl2N2O4. The first-order valence-electron chi connectivity index (χ1n) is 8.54. The zero-order chi connectivity index (χ0) is 19.1. The number of nitrogens with one attached hydrogen (secondary N) is 1. The van der Waals surface area contributed by atoms with Crippen molar-refractivity contribution >= 4 is 41.0 Å². The highest BCUT2D eigenvalue weighted by molar-refractivity contribution is 6.35. The summed E-state index contributed by atoms with van der Waals surface area (Å²) < 4.78 is 4.57. The smallest absolute Gasteiger partial charge is 0.305 e. The number of amides is 2. The van der Waals surface area contributed by atoms with Crippen LogP contribution in [-0.2, 0) is 14.3 Å². The summed E-state index contributed by atoms with van der Waals surface area (Å²) in [5.74, 6) is -0.741. The van der Waals surface area contributed by atoms with E-state index in [1.165, 1.54) is 13.2 Å². The lowest BCUT2D eigenvalue weighted by atomic mass is 10.1. The third-order valence-electron chi connectivity index (χ3n) is 4.31. The highest BCUT2D eigenvalue weighted by Gasteiger charge is 2.35. The number of hydrogen-bond donors (Lipinski definition) is 1. The molecule has 1 aliphatic heterocycles. The molecule has 1 N–H and O–H groups in total. The summed E-state index contributed by atoms with van der Waals surface area (Å²) in [6.45, 7) is 0.953. The molecule has 0 spiro atoms. The molecule has 8 heteroatoms. The molecule has 6 nitrogen and oxygen atoms in total. The Morgan fingerprint density at radius 2 is 2.04 bits per heavy atom. The SMILES string of the molecule is COC(=O)CCCCNC(=O)C1CCCN1C(=O)c1cc(Cl)ccc1Cl.